The van der Waals surface area contributed by atoms with Crippen LogP contribution in [0.3, 0.4) is 0 Å². The van der Waals surface area contributed by atoms with Crippen LogP contribution in [0.1, 0.15) is 0 Å². The van der Waals surface area contributed by atoms with Gasteiger partial charge in [0.05, 0.1) is 0 Å². The van der Waals surface area contributed by atoms with Crippen molar-refractivity contribution in [2.75, 3.05) is 9.80 Å². The Kier molecular flexibility index (Phi) is 7.44. The van der Waals surface area contributed by atoms with E-state index in [2.05, 4.69) is 115 Å². The van der Waals surface area contributed by atoms with Gasteiger partial charge in [-0.1, -0.05) is 108 Å². The zero-order chi connectivity index (χ0) is 22.7. The molecule has 0 unspecified atom stereocenters. The summed E-state index contributed by atoms with van der Waals surface area (Å²) in [5.41, 5.74) is 4.67. The van der Waals surface area contributed by atoms with Gasteiger partial charge in [-0.2, -0.15) is 0 Å². The summed E-state index contributed by atoms with van der Waals surface area (Å²) in [5.74, 6) is 0. The molecule has 175 valence electrons. The van der Waals surface area contributed by atoms with Crippen LogP contribution in [0.25, 0.3) is 5.32 Å². The Balaban J connectivity index is 0.000000157. The molecule has 0 atom stereocenters. The normalized spacial score (nSPS) is 14.6. The first-order valence-electron chi connectivity index (χ1n) is 11.2. The van der Waals surface area contributed by atoms with E-state index in [1.165, 1.54) is 21.7 Å². The Labute approximate surface area is 219 Å². The van der Waals surface area contributed by atoms with Crippen molar-refractivity contribution in [1.82, 2.24) is 0 Å². The van der Waals surface area contributed by atoms with E-state index >= 15 is 0 Å². The Hall–Kier alpha value is -3.02. The Morgan fingerprint density at radius 3 is 1.38 bits per heavy atom. The number of rotatable bonds is 2. The second-order valence-corrected chi connectivity index (χ2v) is 13.0. The number of anilines is 2. The minimum absolute atomic E-state index is 0. The zero-order valence-corrected chi connectivity index (χ0v) is 22.4. The maximum Gasteiger partial charge on any atom is 0.109 e. The van der Waals surface area contributed by atoms with Gasteiger partial charge in [-0.05, 0) is 36.7 Å². The number of hydrogen-bond donors (Lipinski definition) is 0. The third-order valence-electron chi connectivity index (χ3n) is 6.14. The van der Waals surface area contributed by atoms with E-state index in [0.29, 0.717) is 0 Å². The summed E-state index contributed by atoms with van der Waals surface area (Å²) in [6, 6.07) is 37.7. The molecular weight excluding hydrogens is 615 g/mol. The van der Waals surface area contributed by atoms with Crippen LogP contribution >= 0.6 is 0 Å². The van der Waals surface area contributed by atoms with Crippen LogP contribution in [0.4, 0.5) is 22.7 Å². The molecule has 34 heavy (non-hydrogen) atoms. The molecule has 1 radical (unpaired) electrons. The van der Waals surface area contributed by atoms with Gasteiger partial charge in [0.15, 0.2) is 0 Å². The minimum Gasteiger partial charge on any atom is -0.658 e. The molecule has 0 saturated heterocycles. The fourth-order valence-electron chi connectivity index (χ4n) is 4.33. The first-order chi connectivity index (χ1) is 16.1. The van der Waals surface area contributed by atoms with Gasteiger partial charge in [0.2, 0.25) is 0 Å². The van der Waals surface area contributed by atoms with E-state index < -0.39 is 8.07 Å². The minimum atomic E-state index is -1.53. The van der Waals surface area contributed by atoms with Gasteiger partial charge in [0, 0.05) is 33.8 Å². The van der Waals surface area contributed by atoms with Gasteiger partial charge in [0.1, 0.15) is 8.07 Å². The summed E-state index contributed by atoms with van der Waals surface area (Å²) in [6.07, 6.45) is 4.12. The van der Waals surface area contributed by atoms with Crippen molar-refractivity contribution in [1.29, 1.82) is 0 Å². The molecule has 2 aliphatic heterocycles. The maximum atomic E-state index is 4.74. The molecule has 5 heteroatoms. The molecule has 0 aromatic heterocycles. The number of para-hydroxylation sites is 4. The van der Waals surface area contributed by atoms with Crippen LogP contribution in [-0.2, 0) is 22.4 Å². The van der Waals surface area contributed by atoms with Crippen LogP contribution in [0.5, 0.6) is 0 Å². The number of benzene rings is 4. The van der Waals surface area contributed by atoms with E-state index in [9.17, 15) is 0 Å². The summed E-state index contributed by atoms with van der Waals surface area (Å²) in [4.78, 5) is 4.21. The predicted octanol–water partition coefficient (Wildman–Crippen LogP) is 6.76. The van der Waals surface area contributed by atoms with E-state index in [1.807, 2.05) is 36.4 Å². The van der Waals surface area contributed by atoms with Crippen LogP contribution in [0, 0.1) is 6.67 Å². The van der Waals surface area contributed by atoms with E-state index in [4.69, 9.17) is 5.32 Å². The average molecular weight is 643 g/mol. The molecule has 0 N–H and O–H groups in total. The van der Waals surface area contributed by atoms with Crippen LogP contribution in [0.2, 0.25) is 13.1 Å². The third kappa shape index (κ3) is 4.91. The smallest absolute Gasteiger partial charge is 0.109 e. The Bertz CT molecular complexity index is 1160. The van der Waals surface area contributed by atoms with Gasteiger partial charge in [-0.3, -0.25) is 0 Å². The van der Waals surface area contributed by atoms with Crippen LogP contribution in [0.15, 0.2) is 122 Å². The summed E-state index contributed by atoms with van der Waals surface area (Å²) >= 11 is 0. The second kappa shape index (κ2) is 10.5. The molecule has 2 heterocycles. The van der Waals surface area contributed by atoms with Crippen molar-refractivity contribution in [3.05, 3.63) is 134 Å². The van der Waals surface area contributed by atoms with Crippen molar-refractivity contribution < 1.29 is 22.4 Å². The number of fused-ring (bicyclic) bond motifs is 2. The monoisotopic (exact) mass is 642 g/mol. The SMILES string of the molecule is C1=CN(c2ccccc2)[CH-]N1c1ccccc1.C[Si]1(C)c2ccccc2[N-]c2ccccc21.[Au]. The molecule has 0 fully saturated rings. The molecular formula is C29H27AuN3Si-2. The van der Waals surface area contributed by atoms with Crippen molar-refractivity contribution in [3.8, 4) is 0 Å². The number of nitrogens with zero attached hydrogens (tertiary/aromatic N) is 3. The molecule has 3 nitrogen and oxygen atoms in total. The molecule has 2 aliphatic rings. The van der Waals surface area contributed by atoms with Crippen molar-refractivity contribution in [2.24, 2.45) is 0 Å². The van der Waals surface area contributed by atoms with E-state index in [1.54, 1.807) is 0 Å². The topological polar surface area (TPSA) is 20.6 Å². The quantitative estimate of drug-likeness (QED) is 0.178. The molecule has 4 aromatic rings. The fourth-order valence-corrected chi connectivity index (χ4v) is 7.21. The summed E-state index contributed by atoms with van der Waals surface area (Å²) in [5, 5.41) is 7.64. The largest absolute Gasteiger partial charge is 0.658 e. The molecule has 0 saturated carbocycles. The second-order valence-electron chi connectivity index (χ2n) is 8.67. The van der Waals surface area contributed by atoms with Gasteiger partial charge in [-0.25, -0.2) is 0 Å². The molecule has 0 aliphatic carbocycles. The summed E-state index contributed by atoms with van der Waals surface area (Å²) < 4.78 is 0. The molecule has 4 aromatic carbocycles. The maximum absolute atomic E-state index is 4.74. The van der Waals surface area contributed by atoms with Crippen molar-refractivity contribution >= 4 is 41.2 Å². The van der Waals surface area contributed by atoms with Gasteiger partial charge < -0.3 is 15.1 Å². The van der Waals surface area contributed by atoms with E-state index in [0.717, 1.165) is 11.4 Å². The average Bonchev–Trinajstić information content (AvgIpc) is 3.36. The fraction of sp³-hybridized carbons (Fsp3) is 0.0690. The molecule has 6 rings (SSSR count). The van der Waals surface area contributed by atoms with Crippen molar-refractivity contribution in [3.63, 3.8) is 0 Å². The Morgan fingerprint density at radius 2 is 0.941 bits per heavy atom. The third-order valence-corrected chi connectivity index (χ3v) is 9.68. The standard InChI is InChI=1S/C15H13N2.C14H14NSi.Au/c1-3-7-14(8-4-1)16-11-12-17(13-16)15-9-5-2-6-10-15;1-16(2)13-9-5-3-7-11(13)15-12-8-4-6-10-14(12)16;/h1-13H;3-10H,1-2H3;/q2*-1;. The summed E-state index contributed by atoms with van der Waals surface area (Å²) in [6.45, 7) is 6.88. The first-order valence-corrected chi connectivity index (χ1v) is 14.2. The van der Waals surface area contributed by atoms with E-state index in [-0.39, 0.29) is 22.4 Å². The molecule has 0 bridgehead atoms. The van der Waals surface area contributed by atoms with Crippen molar-refractivity contribution in [2.45, 2.75) is 13.1 Å². The Morgan fingerprint density at radius 1 is 0.559 bits per heavy atom. The first kappa shape index (κ1) is 24.1. The predicted molar refractivity (Wildman–Crippen MR) is 144 cm³/mol. The zero-order valence-electron chi connectivity index (χ0n) is 19.3. The molecule has 0 amide bonds. The molecule has 0 spiro atoms. The van der Waals surface area contributed by atoms with Gasteiger partial charge in [0.25, 0.3) is 0 Å². The number of hydrogen-bond acceptors (Lipinski definition) is 2. The summed E-state index contributed by atoms with van der Waals surface area (Å²) in [7, 11) is -1.53. The van der Waals surface area contributed by atoms with Gasteiger partial charge in [-0.15, -0.1) is 18.0 Å². The van der Waals surface area contributed by atoms with Gasteiger partial charge >= 0.3 is 0 Å². The van der Waals surface area contributed by atoms with Crippen LogP contribution in [-0.4, -0.2) is 8.07 Å². The van der Waals surface area contributed by atoms with Crippen LogP contribution < -0.4 is 20.2 Å².